The van der Waals surface area contributed by atoms with Crippen LogP contribution in [0, 0.1) is 13.8 Å². The van der Waals surface area contributed by atoms with Crippen molar-refractivity contribution in [1.82, 2.24) is 0 Å². The van der Waals surface area contributed by atoms with E-state index in [1.54, 1.807) is 0 Å². The second-order valence-electron chi connectivity index (χ2n) is 3.46. The lowest BCUT2D eigenvalue weighted by Crippen LogP contribution is -1.95. The Labute approximate surface area is 85.9 Å². The van der Waals surface area contributed by atoms with Crippen LogP contribution in [-0.2, 0) is 0 Å². The Morgan fingerprint density at radius 1 is 1.46 bits per heavy atom. The Kier molecular flexibility index (Phi) is 3.80. The monoisotopic (exact) mass is 195 g/mol. The number of benzene rings is 1. The van der Waals surface area contributed by atoms with Crippen LogP contribution in [0.25, 0.3) is 0 Å². The molecule has 0 saturated heterocycles. The average Bonchev–Trinajstić information content (AvgIpc) is 2.10. The number of aryl methyl sites for hydroxylation is 1. The normalized spacial score (nSPS) is 12.9. The van der Waals surface area contributed by atoms with Gasteiger partial charge in [-0.15, -0.1) is 0 Å². The van der Waals surface area contributed by atoms with Gasteiger partial charge in [0.25, 0.3) is 0 Å². The summed E-state index contributed by atoms with van der Waals surface area (Å²) in [5.41, 5.74) is 2.33. The minimum Gasteiger partial charge on any atom is -0.0837 e. The molecule has 0 amide bonds. The zero-order valence-electron chi connectivity index (χ0n) is 8.31. The Bertz CT molecular complexity index is 278. The Hall–Kier alpha value is -0.490. The molecule has 0 nitrogen and oxygen atoms in total. The first-order valence-electron chi connectivity index (χ1n) is 4.75. The molecule has 0 N–H and O–H groups in total. The molecule has 1 heteroatoms. The molecule has 0 aliphatic heterocycles. The smallest absolute Gasteiger partial charge is 0.0469 e. The van der Waals surface area contributed by atoms with Crippen LogP contribution in [-0.4, -0.2) is 0 Å². The highest BCUT2D eigenvalue weighted by molar-refractivity contribution is 6.32. The van der Waals surface area contributed by atoms with Gasteiger partial charge in [-0.05, 0) is 37.3 Å². The van der Waals surface area contributed by atoms with Crippen LogP contribution in [0.5, 0.6) is 0 Å². The predicted molar refractivity (Wildman–Crippen MR) is 59.2 cm³/mol. The molecule has 1 radical (unpaired) electrons. The van der Waals surface area contributed by atoms with Crippen LogP contribution in [0.3, 0.4) is 0 Å². The Morgan fingerprint density at radius 3 is 2.77 bits per heavy atom. The maximum absolute atomic E-state index is 6.18. The van der Waals surface area contributed by atoms with Crippen molar-refractivity contribution in [2.24, 2.45) is 0 Å². The summed E-state index contributed by atoms with van der Waals surface area (Å²) in [6.07, 6.45) is 2.25. The summed E-state index contributed by atoms with van der Waals surface area (Å²) >= 11 is 6.18. The topological polar surface area (TPSA) is 0 Å². The summed E-state index contributed by atoms with van der Waals surface area (Å²) < 4.78 is 0. The van der Waals surface area contributed by atoms with Crippen molar-refractivity contribution in [3.8, 4) is 0 Å². The molecular weight excluding hydrogens is 180 g/mol. The lowest BCUT2D eigenvalue weighted by atomic mass is 9.95. The third-order valence-corrected chi connectivity index (χ3v) is 2.81. The molecule has 1 aromatic rings. The molecule has 0 saturated carbocycles. The van der Waals surface area contributed by atoms with Crippen molar-refractivity contribution in [2.75, 3.05) is 0 Å². The maximum atomic E-state index is 6.18. The van der Waals surface area contributed by atoms with Crippen LogP contribution in [0.1, 0.15) is 36.8 Å². The minimum atomic E-state index is 0.331. The summed E-state index contributed by atoms with van der Waals surface area (Å²) in [4.78, 5) is 0. The van der Waals surface area contributed by atoms with Crippen molar-refractivity contribution in [3.05, 3.63) is 41.3 Å². The molecule has 1 aromatic carbocycles. The summed E-state index contributed by atoms with van der Waals surface area (Å²) in [6.45, 7) is 8.32. The molecule has 0 fully saturated rings. The summed E-state index contributed by atoms with van der Waals surface area (Å²) in [6, 6.07) is 6.15. The van der Waals surface area contributed by atoms with Gasteiger partial charge in [-0.1, -0.05) is 43.1 Å². The molecule has 0 spiro atoms. The van der Waals surface area contributed by atoms with Crippen LogP contribution < -0.4 is 0 Å². The molecule has 1 unspecified atom stereocenters. The van der Waals surface area contributed by atoms with E-state index in [0.29, 0.717) is 5.92 Å². The van der Waals surface area contributed by atoms with Crippen LogP contribution in [0.2, 0.25) is 5.02 Å². The lowest BCUT2D eigenvalue weighted by molar-refractivity contribution is 0.714. The van der Waals surface area contributed by atoms with Crippen LogP contribution >= 0.6 is 11.6 Å². The van der Waals surface area contributed by atoms with Gasteiger partial charge in [0, 0.05) is 5.02 Å². The third-order valence-electron chi connectivity index (χ3n) is 2.30. The van der Waals surface area contributed by atoms with Crippen molar-refractivity contribution in [2.45, 2.75) is 32.6 Å². The molecule has 13 heavy (non-hydrogen) atoms. The molecule has 0 heterocycles. The molecule has 1 atom stereocenters. The van der Waals surface area contributed by atoms with Crippen molar-refractivity contribution in [1.29, 1.82) is 0 Å². The molecular formula is C12H16Cl. The minimum absolute atomic E-state index is 0.331. The highest BCUT2D eigenvalue weighted by atomic mass is 35.5. The van der Waals surface area contributed by atoms with Gasteiger partial charge in [0.15, 0.2) is 0 Å². The van der Waals surface area contributed by atoms with E-state index < -0.39 is 0 Å². The van der Waals surface area contributed by atoms with Crippen molar-refractivity contribution >= 4 is 11.6 Å². The quantitative estimate of drug-likeness (QED) is 0.672. The Balaban J connectivity index is 2.93. The van der Waals surface area contributed by atoms with E-state index in [9.17, 15) is 0 Å². The number of halogens is 1. The second kappa shape index (κ2) is 4.66. The van der Waals surface area contributed by atoms with Gasteiger partial charge in [0.2, 0.25) is 0 Å². The summed E-state index contributed by atoms with van der Waals surface area (Å²) in [5.74, 6) is 0.331. The van der Waals surface area contributed by atoms with E-state index in [-0.39, 0.29) is 0 Å². The molecule has 0 bridgehead atoms. The fourth-order valence-electron chi connectivity index (χ4n) is 1.49. The van der Waals surface area contributed by atoms with E-state index in [1.807, 2.05) is 19.1 Å². The first-order valence-corrected chi connectivity index (χ1v) is 5.12. The number of hydrogen-bond donors (Lipinski definition) is 0. The van der Waals surface area contributed by atoms with Gasteiger partial charge in [0.05, 0.1) is 0 Å². The van der Waals surface area contributed by atoms with Gasteiger partial charge in [-0.2, -0.15) is 0 Å². The number of rotatable bonds is 3. The van der Waals surface area contributed by atoms with Gasteiger partial charge in [-0.3, -0.25) is 0 Å². The van der Waals surface area contributed by atoms with Gasteiger partial charge >= 0.3 is 0 Å². The third kappa shape index (κ3) is 2.47. The van der Waals surface area contributed by atoms with Gasteiger partial charge in [-0.25, -0.2) is 0 Å². The zero-order chi connectivity index (χ0) is 9.84. The van der Waals surface area contributed by atoms with Crippen molar-refractivity contribution < 1.29 is 0 Å². The highest BCUT2D eigenvalue weighted by Gasteiger charge is 2.09. The first kappa shape index (κ1) is 10.6. The summed E-state index contributed by atoms with van der Waals surface area (Å²) in [7, 11) is 0. The van der Waals surface area contributed by atoms with Crippen LogP contribution in [0.15, 0.2) is 18.2 Å². The van der Waals surface area contributed by atoms with E-state index in [2.05, 4.69) is 19.9 Å². The Morgan fingerprint density at radius 2 is 2.15 bits per heavy atom. The standard InChI is InChI=1S/C12H16Cl/c1-4-6-9(2)11-8-5-7-10(3)12(11)13/h5,7-9H,2,4,6H2,1,3H3. The van der Waals surface area contributed by atoms with Gasteiger partial charge < -0.3 is 0 Å². The van der Waals surface area contributed by atoms with E-state index in [4.69, 9.17) is 11.6 Å². The molecule has 0 aliphatic rings. The largest absolute Gasteiger partial charge is 0.0837 e. The molecule has 1 rings (SSSR count). The highest BCUT2D eigenvalue weighted by Crippen LogP contribution is 2.29. The molecule has 0 aromatic heterocycles. The zero-order valence-corrected chi connectivity index (χ0v) is 9.06. The van der Waals surface area contributed by atoms with E-state index in [0.717, 1.165) is 23.4 Å². The first-order chi connectivity index (χ1) is 6.16. The number of hydrogen-bond acceptors (Lipinski definition) is 0. The van der Waals surface area contributed by atoms with E-state index in [1.165, 1.54) is 5.56 Å². The van der Waals surface area contributed by atoms with Crippen molar-refractivity contribution in [3.63, 3.8) is 0 Å². The molecule has 71 valence electrons. The summed E-state index contributed by atoms with van der Waals surface area (Å²) in [5, 5.41) is 0.885. The lowest BCUT2D eigenvalue weighted by Gasteiger charge is -2.13. The SMILES string of the molecule is [CH2]C(CCC)c1cccc(C)c1Cl. The molecule has 0 aliphatic carbocycles. The average molecular weight is 196 g/mol. The predicted octanol–water partition coefficient (Wildman–Crippen LogP) is 4.37. The fraction of sp³-hybridized carbons (Fsp3) is 0.417. The van der Waals surface area contributed by atoms with Gasteiger partial charge in [0.1, 0.15) is 0 Å². The maximum Gasteiger partial charge on any atom is 0.0469 e. The second-order valence-corrected chi connectivity index (χ2v) is 3.84. The van der Waals surface area contributed by atoms with E-state index >= 15 is 0 Å². The fourth-order valence-corrected chi connectivity index (χ4v) is 1.77. The van der Waals surface area contributed by atoms with Crippen LogP contribution in [0.4, 0.5) is 0 Å².